The van der Waals surface area contributed by atoms with Crippen molar-refractivity contribution < 1.29 is 4.79 Å². The van der Waals surface area contributed by atoms with Crippen LogP contribution in [0.5, 0.6) is 0 Å². The molecule has 1 atom stereocenters. The van der Waals surface area contributed by atoms with Gasteiger partial charge in [0.15, 0.2) is 0 Å². The van der Waals surface area contributed by atoms with E-state index in [1.807, 2.05) is 12.1 Å². The minimum Gasteiger partial charge on any atom is -0.369 e. The Morgan fingerprint density at radius 1 is 1.43 bits per heavy atom. The van der Waals surface area contributed by atoms with Gasteiger partial charge in [0.1, 0.15) is 0 Å². The van der Waals surface area contributed by atoms with Crippen LogP contribution in [0.2, 0.25) is 10.0 Å². The molecule has 1 aliphatic rings. The highest BCUT2D eigenvalue weighted by Gasteiger charge is 2.22. The average Bonchev–Trinajstić information content (AvgIpc) is 2.40. The summed E-state index contributed by atoms with van der Waals surface area (Å²) >= 11 is 12.2. The molecule has 1 fully saturated rings. The van der Waals surface area contributed by atoms with Crippen molar-refractivity contribution in [1.29, 1.82) is 0 Å². The molecule has 1 aromatic carbocycles. The van der Waals surface area contributed by atoms with Gasteiger partial charge in [-0.1, -0.05) is 29.3 Å². The highest BCUT2D eigenvalue weighted by atomic mass is 35.5. The van der Waals surface area contributed by atoms with Crippen LogP contribution in [0.15, 0.2) is 18.2 Å². The number of hydrogen-bond donors (Lipinski definition) is 2. The van der Waals surface area contributed by atoms with Crippen LogP contribution in [-0.4, -0.2) is 36.5 Å². The lowest BCUT2D eigenvalue weighted by atomic mass is 10.0. The smallest absolute Gasteiger partial charge is 0.231 e. The van der Waals surface area contributed by atoms with E-state index in [9.17, 15) is 4.79 Å². The van der Waals surface area contributed by atoms with Gasteiger partial charge >= 0.3 is 0 Å². The minimum atomic E-state index is -0.261. The van der Waals surface area contributed by atoms with E-state index >= 15 is 0 Å². The van der Waals surface area contributed by atoms with Crippen LogP contribution in [-0.2, 0) is 4.79 Å². The Bertz CT molecular complexity index is 502. The second kappa shape index (κ2) is 7.45. The minimum absolute atomic E-state index is 0.169. The maximum absolute atomic E-state index is 10.9. The maximum atomic E-state index is 10.9. The summed E-state index contributed by atoms with van der Waals surface area (Å²) in [7, 11) is 0. The van der Waals surface area contributed by atoms with Gasteiger partial charge in [-0.3, -0.25) is 9.69 Å². The topological polar surface area (TPSA) is 58.4 Å². The molecule has 0 saturated carbocycles. The number of nitrogens with two attached hydrogens (primary N) is 1. The van der Waals surface area contributed by atoms with Crippen LogP contribution < -0.4 is 11.1 Å². The Morgan fingerprint density at radius 2 is 2.10 bits per heavy atom. The van der Waals surface area contributed by atoms with Crippen LogP contribution in [0.4, 0.5) is 0 Å². The van der Waals surface area contributed by atoms with Crippen molar-refractivity contribution in [3.63, 3.8) is 0 Å². The summed E-state index contributed by atoms with van der Waals surface area (Å²) in [5, 5.41) is 4.94. The van der Waals surface area contributed by atoms with Gasteiger partial charge in [-0.25, -0.2) is 0 Å². The van der Waals surface area contributed by atoms with Gasteiger partial charge in [0, 0.05) is 35.2 Å². The van der Waals surface area contributed by atoms with E-state index in [1.165, 1.54) is 0 Å². The first-order chi connectivity index (χ1) is 9.95. The van der Waals surface area contributed by atoms with Crippen LogP contribution in [0.3, 0.4) is 0 Å². The zero-order chi connectivity index (χ0) is 15.4. The molecule has 2 rings (SSSR count). The van der Waals surface area contributed by atoms with E-state index in [0.29, 0.717) is 22.6 Å². The van der Waals surface area contributed by atoms with Crippen molar-refractivity contribution >= 4 is 29.1 Å². The number of amides is 1. The Kier molecular flexibility index (Phi) is 5.88. The lowest BCUT2D eigenvalue weighted by Crippen LogP contribution is -2.45. The van der Waals surface area contributed by atoms with Gasteiger partial charge in [-0.15, -0.1) is 0 Å². The molecule has 0 aliphatic carbocycles. The molecular formula is C15H21Cl2N3O. The first kappa shape index (κ1) is 16.6. The van der Waals surface area contributed by atoms with Crippen molar-refractivity contribution in [1.82, 2.24) is 10.2 Å². The molecule has 21 heavy (non-hydrogen) atoms. The highest BCUT2D eigenvalue weighted by molar-refractivity contribution is 6.35. The number of rotatable bonds is 5. The summed E-state index contributed by atoms with van der Waals surface area (Å²) in [6.07, 6.45) is 2.01. The summed E-state index contributed by atoms with van der Waals surface area (Å²) in [6, 6.07) is 6.19. The molecule has 3 N–H and O–H groups in total. The number of benzene rings is 1. The molecule has 0 spiro atoms. The molecule has 116 valence electrons. The third-order valence-corrected chi connectivity index (χ3v) is 4.44. The van der Waals surface area contributed by atoms with Gasteiger partial charge in [-0.2, -0.15) is 0 Å². The molecule has 1 saturated heterocycles. The third kappa shape index (κ3) is 4.85. The highest BCUT2D eigenvalue weighted by Crippen LogP contribution is 2.27. The van der Waals surface area contributed by atoms with Crippen molar-refractivity contribution in [2.45, 2.75) is 31.8 Å². The summed E-state index contributed by atoms with van der Waals surface area (Å²) < 4.78 is 0. The Balaban J connectivity index is 1.86. The van der Waals surface area contributed by atoms with Gasteiger partial charge < -0.3 is 11.1 Å². The fourth-order valence-corrected chi connectivity index (χ4v) is 3.35. The number of carbonyl (C=O) groups is 1. The maximum Gasteiger partial charge on any atom is 0.231 e. The van der Waals surface area contributed by atoms with E-state index in [-0.39, 0.29) is 11.9 Å². The molecule has 0 bridgehead atoms. The summed E-state index contributed by atoms with van der Waals surface area (Å²) in [5.74, 6) is -0.261. The number of nitrogens with zero attached hydrogens (tertiary/aromatic N) is 1. The number of hydrogen-bond acceptors (Lipinski definition) is 3. The van der Waals surface area contributed by atoms with Crippen molar-refractivity contribution in [3.8, 4) is 0 Å². The molecule has 1 aliphatic heterocycles. The average molecular weight is 330 g/mol. The van der Waals surface area contributed by atoms with E-state index in [2.05, 4.69) is 17.1 Å². The third-order valence-electron chi connectivity index (χ3n) is 3.88. The molecule has 1 heterocycles. The van der Waals surface area contributed by atoms with Gasteiger partial charge in [0.2, 0.25) is 5.91 Å². The first-order valence-electron chi connectivity index (χ1n) is 7.17. The quantitative estimate of drug-likeness (QED) is 0.872. The Labute approximate surface area is 135 Å². The molecule has 1 aromatic rings. The standard InChI is InChI=1S/C15H21Cl2N3O/c1-10(13-3-2-11(16)8-14(13)17)19-12-4-6-20(7-5-12)9-15(18)21/h2-3,8,10,12,19H,4-7,9H2,1H3,(H2,18,21). The number of piperidine rings is 1. The van der Waals surface area contributed by atoms with Crippen molar-refractivity contribution in [3.05, 3.63) is 33.8 Å². The number of nitrogens with one attached hydrogen (secondary N) is 1. The van der Waals surface area contributed by atoms with Crippen LogP contribution in [0, 0.1) is 0 Å². The van der Waals surface area contributed by atoms with Crippen molar-refractivity contribution in [2.75, 3.05) is 19.6 Å². The number of primary amides is 1. The monoisotopic (exact) mass is 329 g/mol. The predicted molar refractivity (Wildman–Crippen MR) is 86.7 cm³/mol. The van der Waals surface area contributed by atoms with Crippen LogP contribution in [0.25, 0.3) is 0 Å². The van der Waals surface area contributed by atoms with E-state index < -0.39 is 0 Å². The zero-order valence-electron chi connectivity index (χ0n) is 12.1. The predicted octanol–water partition coefficient (Wildman–Crippen LogP) is 2.59. The molecule has 1 amide bonds. The molecule has 0 radical (unpaired) electrons. The largest absolute Gasteiger partial charge is 0.369 e. The molecular weight excluding hydrogens is 309 g/mol. The lowest BCUT2D eigenvalue weighted by molar-refractivity contribution is -0.119. The Hall–Kier alpha value is -0.810. The molecule has 1 unspecified atom stereocenters. The Morgan fingerprint density at radius 3 is 2.67 bits per heavy atom. The van der Waals surface area contributed by atoms with Crippen LogP contribution in [0.1, 0.15) is 31.4 Å². The fourth-order valence-electron chi connectivity index (χ4n) is 2.77. The SMILES string of the molecule is CC(NC1CCN(CC(N)=O)CC1)c1ccc(Cl)cc1Cl. The number of likely N-dealkylation sites (tertiary alicyclic amines) is 1. The lowest BCUT2D eigenvalue weighted by Gasteiger charge is -2.33. The summed E-state index contributed by atoms with van der Waals surface area (Å²) in [5.41, 5.74) is 6.28. The van der Waals surface area contributed by atoms with Gasteiger partial charge in [-0.05, 0) is 37.5 Å². The van der Waals surface area contributed by atoms with E-state index in [1.54, 1.807) is 6.07 Å². The van der Waals surface area contributed by atoms with Crippen molar-refractivity contribution in [2.24, 2.45) is 5.73 Å². The normalized spacial score (nSPS) is 18.6. The second-order valence-electron chi connectivity index (χ2n) is 5.57. The van der Waals surface area contributed by atoms with Gasteiger partial charge in [0.25, 0.3) is 0 Å². The van der Waals surface area contributed by atoms with E-state index in [4.69, 9.17) is 28.9 Å². The molecule has 4 nitrogen and oxygen atoms in total. The number of halogens is 2. The van der Waals surface area contributed by atoms with E-state index in [0.717, 1.165) is 31.5 Å². The first-order valence-corrected chi connectivity index (χ1v) is 7.93. The molecule has 6 heteroatoms. The fraction of sp³-hybridized carbons (Fsp3) is 0.533. The second-order valence-corrected chi connectivity index (χ2v) is 6.41. The van der Waals surface area contributed by atoms with Gasteiger partial charge in [0.05, 0.1) is 6.54 Å². The number of carbonyl (C=O) groups excluding carboxylic acids is 1. The zero-order valence-corrected chi connectivity index (χ0v) is 13.6. The van der Waals surface area contributed by atoms with Crippen LogP contribution >= 0.6 is 23.2 Å². The summed E-state index contributed by atoms with van der Waals surface area (Å²) in [6.45, 7) is 4.24. The summed E-state index contributed by atoms with van der Waals surface area (Å²) in [4.78, 5) is 13.0. The molecule has 0 aromatic heterocycles.